The summed E-state index contributed by atoms with van der Waals surface area (Å²) in [5, 5.41) is 4.30. The van der Waals surface area contributed by atoms with Crippen LogP contribution in [-0.2, 0) is 64.2 Å². The van der Waals surface area contributed by atoms with Crippen molar-refractivity contribution in [1.29, 1.82) is 0 Å². The van der Waals surface area contributed by atoms with Crippen LogP contribution in [-0.4, -0.2) is 30.7 Å². The van der Waals surface area contributed by atoms with E-state index in [-0.39, 0.29) is 48.9 Å². The lowest BCUT2D eigenvalue weighted by Gasteiger charge is -2.22. The Kier molecular flexibility index (Phi) is 27.5. The number of fused-ring (bicyclic) bond motifs is 4. The third-order valence-corrected chi connectivity index (χ3v) is 17.3. The van der Waals surface area contributed by atoms with Gasteiger partial charge in [-0.3, -0.25) is 29.5 Å². The number of aryl methyl sites for hydroxylation is 2. The molecule has 540 valence electrons. The lowest BCUT2D eigenvalue weighted by atomic mass is 9.85. The van der Waals surface area contributed by atoms with Crippen molar-refractivity contribution in [3.8, 4) is 0 Å². The molecule has 3 N–H and O–H groups in total. The number of aromatic nitrogens is 5. The van der Waals surface area contributed by atoms with Gasteiger partial charge in [0.15, 0.2) is 11.4 Å². The summed E-state index contributed by atoms with van der Waals surface area (Å²) in [6, 6.07) is 38.8. The molecular weight excluding hydrogens is 1250 g/mol. The van der Waals surface area contributed by atoms with Gasteiger partial charge in [-0.15, -0.1) is 0 Å². The summed E-state index contributed by atoms with van der Waals surface area (Å²) in [4.78, 5) is 50.7. The predicted molar refractivity (Wildman–Crippen MR) is 427 cm³/mol. The van der Waals surface area contributed by atoms with E-state index in [1.54, 1.807) is 23.9 Å². The van der Waals surface area contributed by atoms with Crippen LogP contribution in [0, 0.1) is 18.2 Å². The van der Waals surface area contributed by atoms with Gasteiger partial charge in [-0.2, -0.15) is 0 Å². The first-order valence-corrected chi connectivity index (χ1v) is 35.2. The molecule has 0 fully saturated rings. The van der Waals surface area contributed by atoms with Gasteiger partial charge < -0.3 is 19.3 Å². The van der Waals surface area contributed by atoms with Gasteiger partial charge in [0.05, 0.1) is 16.7 Å². The second-order valence-corrected chi connectivity index (χ2v) is 34.8. The van der Waals surface area contributed by atoms with E-state index >= 15 is 0 Å². The van der Waals surface area contributed by atoms with Crippen molar-refractivity contribution in [2.24, 2.45) is 17.5 Å². The monoisotopic (exact) mass is 1370 g/mol. The summed E-state index contributed by atoms with van der Waals surface area (Å²) in [5.74, 6) is -1.12. The number of oxazole rings is 1. The second-order valence-electron chi connectivity index (χ2n) is 34.8. The maximum atomic E-state index is 12.8. The quantitative estimate of drug-likeness (QED) is 0.128. The minimum absolute atomic E-state index is 0.0444. The molecule has 7 heterocycles. The zero-order valence-electron chi connectivity index (χ0n) is 65.9. The molecule has 4 aromatic carbocycles. The van der Waals surface area contributed by atoms with Crippen molar-refractivity contribution in [1.82, 2.24) is 29.8 Å². The number of hydrogen-bond acceptors (Lipinski definition) is 8. The van der Waals surface area contributed by atoms with Gasteiger partial charge in [0.2, 0.25) is 5.56 Å². The van der Waals surface area contributed by atoms with Crippen LogP contribution in [0.4, 0.5) is 10.1 Å². The third-order valence-electron chi connectivity index (χ3n) is 17.3. The molecule has 1 aliphatic carbocycles. The Bertz CT molecular complexity index is 4500. The molecule has 101 heavy (non-hydrogen) atoms. The maximum Gasteiger partial charge on any atom is 0.417 e. The number of allylic oxidation sites excluding steroid dienone is 4. The van der Waals surface area contributed by atoms with Gasteiger partial charge >= 0.3 is 5.76 Å². The molecule has 11 nitrogen and oxygen atoms in total. The Morgan fingerprint density at radius 1 is 0.535 bits per heavy atom. The van der Waals surface area contributed by atoms with Crippen LogP contribution < -0.4 is 22.2 Å². The van der Waals surface area contributed by atoms with Gasteiger partial charge in [0.25, 0.3) is 5.56 Å². The Hall–Kier alpha value is -9.03. The smallest absolute Gasteiger partial charge is 0.408 e. The van der Waals surface area contributed by atoms with Crippen LogP contribution in [0.2, 0.25) is 0 Å². The van der Waals surface area contributed by atoms with E-state index in [9.17, 15) is 18.8 Å². The topological polar surface area (TPSA) is 151 Å². The number of H-pyrrole nitrogens is 2. The number of dihydropyridines is 1. The summed E-state index contributed by atoms with van der Waals surface area (Å²) < 4.78 is 19.3. The van der Waals surface area contributed by atoms with E-state index < -0.39 is 17.1 Å². The number of halogens is 1. The molecule has 0 atom stereocenters. The zero-order valence-corrected chi connectivity index (χ0v) is 65.9. The highest BCUT2D eigenvalue weighted by atomic mass is 19.1. The molecule has 12 heteroatoms. The lowest BCUT2D eigenvalue weighted by molar-refractivity contribution is 0.512. The van der Waals surface area contributed by atoms with Crippen molar-refractivity contribution in [2.45, 2.75) is 230 Å². The fourth-order valence-corrected chi connectivity index (χ4v) is 10.3. The Labute approximate surface area is 603 Å². The number of nitrogens with one attached hydrogen (secondary N) is 3. The number of rotatable bonds is 0. The first-order chi connectivity index (χ1) is 46.4. The molecule has 9 aromatic rings. The fraction of sp³-hybridized carbons (Fsp3) is 0.416. The highest BCUT2D eigenvalue weighted by Gasteiger charge is 2.22. The van der Waals surface area contributed by atoms with Crippen molar-refractivity contribution in [3.05, 3.63) is 287 Å². The minimum atomic E-state index is -0.720. The highest BCUT2D eigenvalue weighted by Crippen LogP contribution is 2.34. The van der Waals surface area contributed by atoms with Crippen molar-refractivity contribution < 1.29 is 8.81 Å². The highest BCUT2D eigenvalue weighted by molar-refractivity contribution is 5.79. The lowest BCUT2D eigenvalue weighted by Crippen LogP contribution is -2.19. The van der Waals surface area contributed by atoms with E-state index in [1.165, 1.54) is 72.7 Å². The Balaban J connectivity index is 0.000000208. The number of aliphatic imine (C=N–C) groups is 1. The molecule has 12 rings (SSSR count). The van der Waals surface area contributed by atoms with E-state index in [0.717, 1.165) is 52.9 Å². The van der Waals surface area contributed by atoms with Gasteiger partial charge in [-0.25, -0.2) is 9.18 Å². The summed E-state index contributed by atoms with van der Waals surface area (Å²) in [6.07, 6.45) is 18.5. The molecule has 0 unspecified atom stereocenters. The van der Waals surface area contributed by atoms with Crippen molar-refractivity contribution in [2.75, 3.05) is 0 Å². The van der Waals surface area contributed by atoms with Gasteiger partial charge in [-0.1, -0.05) is 258 Å². The predicted octanol–water partition coefficient (Wildman–Crippen LogP) is 21.6. The number of benzene rings is 4. The molecule has 2 aliphatic heterocycles. The molecule has 5 aromatic heterocycles. The van der Waals surface area contributed by atoms with Crippen LogP contribution in [0.25, 0.3) is 22.0 Å². The van der Waals surface area contributed by atoms with Crippen LogP contribution in [0.5, 0.6) is 0 Å². The molecule has 0 radical (unpaired) electrons. The summed E-state index contributed by atoms with van der Waals surface area (Å²) in [5.41, 5.74) is 21.8. The number of hydrogen-bond donors (Lipinski definition) is 3. The van der Waals surface area contributed by atoms with Gasteiger partial charge in [-0.05, 0) is 167 Å². The van der Waals surface area contributed by atoms with Gasteiger partial charge in [0, 0.05) is 78.9 Å². The fourth-order valence-electron chi connectivity index (χ4n) is 10.3. The normalized spacial score (nSPS) is 13.4. The van der Waals surface area contributed by atoms with Crippen LogP contribution in [0.1, 0.15) is 227 Å². The van der Waals surface area contributed by atoms with Crippen LogP contribution >= 0.6 is 0 Å². The molecule has 0 spiro atoms. The minimum Gasteiger partial charge on any atom is -0.408 e. The van der Waals surface area contributed by atoms with E-state index in [4.69, 9.17) is 4.42 Å². The third kappa shape index (κ3) is 26.1. The molecule has 3 aliphatic rings. The molecule has 0 bridgehead atoms. The van der Waals surface area contributed by atoms with Crippen molar-refractivity contribution >= 4 is 33.9 Å². The second kappa shape index (κ2) is 33.6. The molecular formula is C89H118FN7O4. The first kappa shape index (κ1) is 82.6. The number of nitrogens with zero attached hydrogens (tertiary/aromatic N) is 4. The van der Waals surface area contributed by atoms with E-state index in [2.05, 4.69) is 275 Å². The van der Waals surface area contributed by atoms with E-state index in [1.807, 2.05) is 88.2 Å². The number of aromatic amines is 2. The maximum absolute atomic E-state index is 12.8. The Morgan fingerprint density at radius 3 is 1.61 bits per heavy atom. The summed E-state index contributed by atoms with van der Waals surface area (Å²) >= 11 is 0. The summed E-state index contributed by atoms with van der Waals surface area (Å²) in [7, 11) is 1.78. The SMILES string of the molecule is C=C1C=CC(C(C)(C)C)=CN1.C=C1Cc2ccc(C(C)(C)C)cc2C1.CC(C)(C)c1c[nH]c(=O)c(F)c1.CC(C)(C)c1ccc2c(c1)N=CC2.CC(C)(C)c1ccc2cccnc2c1.CC(C)(C)c1ccc2oc(=O)[nH]c2c1.Cc1ccc(C(C)(C)C)nc1.Cn1cc(C(C)(C)C)ccc1=O. The molecule has 0 saturated carbocycles. The summed E-state index contributed by atoms with van der Waals surface area (Å²) in [6.45, 7) is 61.8. The van der Waals surface area contributed by atoms with Gasteiger partial charge in [0.1, 0.15) is 0 Å². The zero-order chi connectivity index (χ0) is 76.0. The van der Waals surface area contributed by atoms with E-state index in [0.29, 0.717) is 5.58 Å². The number of pyridine rings is 4. The molecule has 0 saturated heterocycles. The average Bonchev–Trinajstić information content (AvgIpc) is 1.77. The standard InChI is InChI=1S/C14H18.C13H15N.C12H15N.C11H13NO2.C10H15NO.2C10H15N.C9H12FNO/c1-10-7-11-5-6-13(14(2,3)4)9-12(11)8-10;1-13(2,3)11-7-6-10-5-4-8-14-12(10)9-11;1-12(2,3)10-5-4-9-6-7-13-11(9)8-10;1-11(2,3)7-4-5-9-8(6-7)12-10(13)14-9;1-10(2,3)8-5-6-9(12)11(4)7-8;1-8-5-6-9(7-11-8)10(2,3)4;1-8-5-6-9(11-7-8)10(2,3)4;1-9(2,3)6-4-7(10)8(12)11-5-6/h5-6,9H,1,7-8H2,2-4H3;4-9H,1-3H3;4-5,7-8H,6H2,1-3H3;4-6H,1-3H3,(H,12,13);5-7H,1-4H3;5-7,11H,1H2,2-4H3;5-7H,1-4H3;4-5H,1-3H3,(H,11,12). The first-order valence-electron chi connectivity index (χ1n) is 35.2. The molecule has 0 amide bonds. The van der Waals surface area contributed by atoms with Crippen molar-refractivity contribution in [3.63, 3.8) is 0 Å². The van der Waals surface area contributed by atoms with Crippen LogP contribution in [0.3, 0.4) is 0 Å². The average molecular weight is 1370 g/mol. The Morgan fingerprint density at radius 2 is 1.08 bits per heavy atom. The largest absolute Gasteiger partial charge is 0.417 e. The van der Waals surface area contributed by atoms with Crippen LogP contribution in [0.15, 0.2) is 212 Å².